The molecule has 146 valence electrons. The topological polar surface area (TPSA) is 76.6 Å². The first-order chi connectivity index (χ1) is 13.1. The summed E-state index contributed by atoms with van der Waals surface area (Å²) < 4.78 is 10.5. The molecule has 1 amide bonds. The molecular formula is C20H28N4O3. The van der Waals surface area contributed by atoms with Crippen LogP contribution in [0, 0.1) is 0 Å². The second-order valence-corrected chi connectivity index (χ2v) is 6.21. The molecular weight excluding hydrogens is 344 g/mol. The Hall–Kier alpha value is -2.83. The SMILES string of the molecule is CCCCN(C)c1nccc(C(=O)NCCc2ccc(OC)c(OC)c2)n1. The smallest absolute Gasteiger partial charge is 0.270 e. The van der Waals surface area contributed by atoms with Gasteiger partial charge in [-0.25, -0.2) is 9.97 Å². The van der Waals surface area contributed by atoms with Gasteiger partial charge < -0.3 is 19.7 Å². The third-order valence-corrected chi connectivity index (χ3v) is 4.21. The van der Waals surface area contributed by atoms with Gasteiger partial charge >= 0.3 is 0 Å². The zero-order valence-electron chi connectivity index (χ0n) is 16.5. The van der Waals surface area contributed by atoms with Crippen molar-refractivity contribution in [2.45, 2.75) is 26.2 Å². The Bertz CT molecular complexity index is 752. The van der Waals surface area contributed by atoms with E-state index in [-0.39, 0.29) is 5.91 Å². The average Bonchev–Trinajstić information content (AvgIpc) is 2.71. The molecule has 0 unspecified atom stereocenters. The molecule has 2 rings (SSSR count). The van der Waals surface area contributed by atoms with Crippen LogP contribution in [0.5, 0.6) is 11.5 Å². The number of methoxy groups -OCH3 is 2. The monoisotopic (exact) mass is 372 g/mol. The maximum absolute atomic E-state index is 12.4. The van der Waals surface area contributed by atoms with Crippen molar-refractivity contribution in [1.29, 1.82) is 0 Å². The largest absolute Gasteiger partial charge is 0.493 e. The Morgan fingerprint density at radius 1 is 1.19 bits per heavy atom. The highest BCUT2D eigenvalue weighted by atomic mass is 16.5. The summed E-state index contributed by atoms with van der Waals surface area (Å²) in [5, 5.41) is 2.90. The number of carbonyl (C=O) groups excluding carboxylic acids is 1. The summed E-state index contributed by atoms with van der Waals surface area (Å²) in [7, 11) is 5.14. The minimum absolute atomic E-state index is 0.206. The highest BCUT2D eigenvalue weighted by molar-refractivity contribution is 5.92. The lowest BCUT2D eigenvalue weighted by Crippen LogP contribution is -2.28. The van der Waals surface area contributed by atoms with Gasteiger partial charge in [0.05, 0.1) is 14.2 Å². The molecule has 0 fully saturated rings. The van der Waals surface area contributed by atoms with E-state index in [1.54, 1.807) is 26.5 Å². The highest BCUT2D eigenvalue weighted by Gasteiger charge is 2.11. The molecule has 0 aliphatic heterocycles. The lowest BCUT2D eigenvalue weighted by Gasteiger charge is -2.16. The Kier molecular flexibility index (Phi) is 7.85. The van der Waals surface area contributed by atoms with Gasteiger partial charge in [-0.2, -0.15) is 0 Å². The summed E-state index contributed by atoms with van der Waals surface area (Å²) in [4.78, 5) is 23.0. The van der Waals surface area contributed by atoms with Gasteiger partial charge in [-0.3, -0.25) is 4.79 Å². The van der Waals surface area contributed by atoms with Gasteiger partial charge in [0.2, 0.25) is 5.95 Å². The first-order valence-electron chi connectivity index (χ1n) is 9.12. The predicted octanol–water partition coefficient (Wildman–Crippen LogP) is 2.70. The third kappa shape index (κ3) is 5.84. The summed E-state index contributed by atoms with van der Waals surface area (Å²) in [5.74, 6) is 1.72. The molecule has 1 N–H and O–H groups in total. The average molecular weight is 372 g/mol. The molecule has 0 saturated heterocycles. The number of aromatic nitrogens is 2. The lowest BCUT2D eigenvalue weighted by molar-refractivity contribution is 0.0949. The van der Waals surface area contributed by atoms with Gasteiger partial charge in [0.15, 0.2) is 11.5 Å². The number of hydrogen-bond acceptors (Lipinski definition) is 6. The molecule has 2 aromatic rings. The minimum Gasteiger partial charge on any atom is -0.493 e. The number of nitrogens with zero attached hydrogens (tertiary/aromatic N) is 3. The van der Waals surface area contributed by atoms with Crippen molar-refractivity contribution in [1.82, 2.24) is 15.3 Å². The quantitative estimate of drug-likeness (QED) is 0.691. The summed E-state index contributed by atoms with van der Waals surface area (Å²) in [6.07, 6.45) is 4.46. The van der Waals surface area contributed by atoms with Gasteiger partial charge in [0, 0.05) is 26.3 Å². The number of ether oxygens (including phenoxy) is 2. The summed E-state index contributed by atoms with van der Waals surface area (Å²) >= 11 is 0. The van der Waals surface area contributed by atoms with Crippen LogP contribution in [0.15, 0.2) is 30.5 Å². The van der Waals surface area contributed by atoms with Gasteiger partial charge in [-0.15, -0.1) is 0 Å². The summed E-state index contributed by atoms with van der Waals surface area (Å²) in [6.45, 7) is 3.50. The van der Waals surface area contributed by atoms with E-state index >= 15 is 0 Å². The number of hydrogen-bond donors (Lipinski definition) is 1. The van der Waals surface area contributed by atoms with Crippen LogP contribution in [0.2, 0.25) is 0 Å². The zero-order valence-corrected chi connectivity index (χ0v) is 16.5. The summed E-state index contributed by atoms with van der Waals surface area (Å²) in [6, 6.07) is 7.36. The second-order valence-electron chi connectivity index (χ2n) is 6.21. The Labute approximate surface area is 160 Å². The zero-order chi connectivity index (χ0) is 19.6. The van der Waals surface area contributed by atoms with E-state index in [0.717, 1.165) is 24.9 Å². The fourth-order valence-electron chi connectivity index (χ4n) is 2.60. The first-order valence-corrected chi connectivity index (χ1v) is 9.12. The molecule has 0 aliphatic rings. The standard InChI is InChI=1S/C20H28N4O3/c1-5-6-13-24(2)20-22-12-10-16(23-20)19(25)21-11-9-15-7-8-17(26-3)18(14-15)27-4/h7-8,10,12,14H,5-6,9,11,13H2,1-4H3,(H,21,25). The highest BCUT2D eigenvalue weighted by Crippen LogP contribution is 2.27. The van der Waals surface area contributed by atoms with Crippen molar-refractivity contribution in [3.05, 3.63) is 41.7 Å². The molecule has 1 aromatic carbocycles. The Morgan fingerprint density at radius 2 is 1.96 bits per heavy atom. The molecule has 0 bridgehead atoms. The normalized spacial score (nSPS) is 10.4. The van der Waals surface area contributed by atoms with Crippen molar-refractivity contribution < 1.29 is 14.3 Å². The van der Waals surface area contributed by atoms with E-state index in [9.17, 15) is 4.79 Å². The van der Waals surface area contributed by atoms with Crippen LogP contribution in [0.3, 0.4) is 0 Å². The van der Waals surface area contributed by atoms with Crippen LogP contribution >= 0.6 is 0 Å². The first kappa shape index (κ1) is 20.5. The number of rotatable bonds is 10. The number of unbranched alkanes of at least 4 members (excludes halogenated alkanes) is 1. The van der Waals surface area contributed by atoms with Crippen LogP contribution in [-0.2, 0) is 6.42 Å². The number of carbonyl (C=O) groups is 1. The molecule has 1 aromatic heterocycles. The summed E-state index contributed by atoms with van der Waals surface area (Å²) in [5.41, 5.74) is 1.42. The number of nitrogens with one attached hydrogen (secondary N) is 1. The maximum Gasteiger partial charge on any atom is 0.270 e. The van der Waals surface area contributed by atoms with E-state index < -0.39 is 0 Å². The molecule has 0 spiro atoms. The van der Waals surface area contributed by atoms with Crippen LogP contribution in [0.4, 0.5) is 5.95 Å². The van der Waals surface area contributed by atoms with E-state index in [2.05, 4.69) is 22.2 Å². The van der Waals surface area contributed by atoms with E-state index in [1.165, 1.54) is 0 Å². The van der Waals surface area contributed by atoms with Gasteiger partial charge in [-0.1, -0.05) is 19.4 Å². The molecule has 7 nitrogen and oxygen atoms in total. The maximum atomic E-state index is 12.4. The van der Waals surface area contributed by atoms with Crippen LogP contribution < -0.4 is 19.7 Å². The van der Waals surface area contributed by atoms with Gasteiger partial charge in [0.1, 0.15) is 5.69 Å². The molecule has 7 heteroatoms. The molecule has 0 aliphatic carbocycles. The lowest BCUT2D eigenvalue weighted by atomic mass is 10.1. The van der Waals surface area contributed by atoms with Crippen molar-refractivity contribution in [3.63, 3.8) is 0 Å². The second kappa shape index (κ2) is 10.4. The fourth-order valence-corrected chi connectivity index (χ4v) is 2.60. The van der Waals surface area contributed by atoms with Crippen LogP contribution in [0.1, 0.15) is 35.8 Å². The number of benzene rings is 1. The Balaban J connectivity index is 1.92. The molecule has 27 heavy (non-hydrogen) atoms. The van der Waals surface area contributed by atoms with Crippen molar-refractivity contribution in [2.75, 3.05) is 39.3 Å². The molecule has 0 radical (unpaired) electrons. The van der Waals surface area contributed by atoms with Crippen LogP contribution in [-0.4, -0.2) is 50.2 Å². The molecule has 0 saturated carbocycles. The number of anilines is 1. The fraction of sp³-hybridized carbons (Fsp3) is 0.450. The van der Waals surface area contributed by atoms with Crippen molar-refractivity contribution in [3.8, 4) is 11.5 Å². The number of amides is 1. The van der Waals surface area contributed by atoms with E-state index in [0.29, 0.717) is 36.1 Å². The van der Waals surface area contributed by atoms with Crippen molar-refractivity contribution >= 4 is 11.9 Å². The van der Waals surface area contributed by atoms with Crippen molar-refractivity contribution in [2.24, 2.45) is 0 Å². The minimum atomic E-state index is -0.206. The van der Waals surface area contributed by atoms with E-state index in [4.69, 9.17) is 9.47 Å². The van der Waals surface area contributed by atoms with Crippen LogP contribution in [0.25, 0.3) is 0 Å². The predicted molar refractivity (Wildman–Crippen MR) is 106 cm³/mol. The molecule has 1 heterocycles. The molecule has 0 atom stereocenters. The van der Waals surface area contributed by atoms with E-state index in [1.807, 2.05) is 30.1 Å². The Morgan fingerprint density at radius 3 is 2.67 bits per heavy atom. The third-order valence-electron chi connectivity index (χ3n) is 4.21. The van der Waals surface area contributed by atoms with Gasteiger partial charge in [-0.05, 0) is 36.6 Å². The van der Waals surface area contributed by atoms with Gasteiger partial charge in [0.25, 0.3) is 5.91 Å².